The highest BCUT2D eigenvalue weighted by Gasteiger charge is 2.25. The van der Waals surface area contributed by atoms with E-state index in [1.807, 2.05) is 56.3 Å². The van der Waals surface area contributed by atoms with Crippen molar-refractivity contribution in [3.8, 4) is 0 Å². The summed E-state index contributed by atoms with van der Waals surface area (Å²) in [6.45, 7) is 10.9. The summed E-state index contributed by atoms with van der Waals surface area (Å²) in [5.74, 6) is -0.240. The largest absolute Gasteiger partial charge is 0.469 e. The lowest BCUT2D eigenvalue weighted by molar-refractivity contribution is -0.141. The minimum atomic E-state index is -3.72. The first-order valence-corrected chi connectivity index (χ1v) is 19.3. The summed E-state index contributed by atoms with van der Waals surface area (Å²) in [6, 6.07) is 11.2. The van der Waals surface area contributed by atoms with Gasteiger partial charge in [-0.2, -0.15) is 4.31 Å². The van der Waals surface area contributed by atoms with E-state index in [0.29, 0.717) is 143 Å². The number of esters is 1. The Morgan fingerprint density at radius 2 is 1.20 bits per heavy atom. The van der Waals surface area contributed by atoms with Crippen molar-refractivity contribution in [3.63, 3.8) is 0 Å². The fourth-order valence-electron chi connectivity index (χ4n) is 5.25. The third-order valence-electron chi connectivity index (χ3n) is 7.94. The first-order chi connectivity index (χ1) is 24.8. The molecule has 0 bridgehead atoms. The molecule has 2 rings (SSSR count). The molecule has 0 unspecified atom stereocenters. The van der Waals surface area contributed by atoms with Gasteiger partial charge in [-0.1, -0.05) is 31.2 Å². The molecule has 14 nitrogen and oxygen atoms in total. The second-order valence-corrected chi connectivity index (χ2v) is 13.8. The van der Waals surface area contributed by atoms with E-state index in [9.17, 15) is 13.2 Å². The highest BCUT2D eigenvalue weighted by molar-refractivity contribution is 7.89. The van der Waals surface area contributed by atoms with Gasteiger partial charge < -0.3 is 43.8 Å². The van der Waals surface area contributed by atoms with Crippen molar-refractivity contribution < 1.29 is 46.4 Å². The van der Waals surface area contributed by atoms with E-state index in [4.69, 9.17) is 34.2 Å². The van der Waals surface area contributed by atoms with Crippen LogP contribution in [0.1, 0.15) is 26.2 Å². The van der Waals surface area contributed by atoms with E-state index in [-0.39, 0.29) is 5.97 Å². The van der Waals surface area contributed by atoms with Crippen LogP contribution in [-0.4, -0.2) is 163 Å². The summed E-state index contributed by atoms with van der Waals surface area (Å²) in [4.78, 5) is 15.7. The average Bonchev–Trinajstić information content (AvgIpc) is 3.13. The number of nitrogens with two attached hydrogens (primary N) is 1. The number of ether oxygens (including phenoxy) is 7. The molecule has 2 aromatic rings. The Morgan fingerprint density at radius 3 is 1.75 bits per heavy atom. The Kier molecular flexibility index (Phi) is 23.9. The van der Waals surface area contributed by atoms with Gasteiger partial charge in [0.25, 0.3) is 0 Å². The SMILES string of the molecule is CCN(CCCN(CCOCCOCCOCCN)CCOCCOCCOCCCC(=O)OC)S(=O)(=O)c1cccc2c(N(C)C)cccc12. The van der Waals surface area contributed by atoms with E-state index in [1.165, 1.54) is 7.11 Å². The van der Waals surface area contributed by atoms with Gasteiger partial charge in [-0.05, 0) is 31.5 Å². The number of nitrogens with zero attached hydrogens (tertiary/aromatic N) is 3. The van der Waals surface area contributed by atoms with Gasteiger partial charge in [0.2, 0.25) is 10.0 Å². The lowest BCUT2D eigenvalue weighted by atomic mass is 10.1. The van der Waals surface area contributed by atoms with E-state index in [2.05, 4.69) is 9.64 Å². The van der Waals surface area contributed by atoms with Crippen LogP contribution < -0.4 is 10.6 Å². The maximum Gasteiger partial charge on any atom is 0.305 e. The zero-order chi connectivity index (χ0) is 37.2. The maximum absolute atomic E-state index is 13.9. The van der Waals surface area contributed by atoms with E-state index >= 15 is 0 Å². The molecule has 0 atom stereocenters. The highest BCUT2D eigenvalue weighted by Crippen LogP contribution is 2.31. The second-order valence-electron chi connectivity index (χ2n) is 11.9. The number of sulfonamides is 1. The van der Waals surface area contributed by atoms with Gasteiger partial charge >= 0.3 is 5.97 Å². The van der Waals surface area contributed by atoms with Crippen molar-refractivity contribution in [2.24, 2.45) is 5.73 Å². The number of fused-ring (bicyclic) bond motifs is 1. The first kappa shape index (κ1) is 44.7. The predicted octanol–water partition coefficient (Wildman–Crippen LogP) is 2.62. The van der Waals surface area contributed by atoms with Gasteiger partial charge in [0.05, 0.1) is 84.7 Å². The van der Waals surface area contributed by atoms with Crippen LogP contribution >= 0.6 is 0 Å². The van der Waals surface area contributed by atoms with Crippen LogP contribution in [0, 0.1) is 0 Å². The quantitative estimate of drug-likeness (QED) is 0.0865. The third kappa shape index (κ3) is 17.8. The molecule has 292 valence electrons. The van der Waals surface area contributed by atoms with Gasteiger partial charge in [0.15, 0.2) is 0 Å². The van der Waals surface area contributed by atoms with Gasteiger partial charge in [-0.25, -0.2) is 8.42 Å². The molecule has 0 saturated heterocycles. The molecule has 15 heteroatoms. The van der Waals surface area contributed by atoms with Crippen LogP contribution in [-0.2, 0) is 48.0 Å². The van der Waals surface area contributed by atoms with Crippen molar-refractivity contribution in [3.05, 3.63) is 36.4 Å². The summed E-state index contributed by atoms with van der Waals surface area (Å²) in [5, 5.41) is 1.62. The molecule has 51 heavy (non-hydrogen) atoms. The lowest BCUT2D eigenvalue weighted by Crippen LogP contribution is -2.36. The summed E-state index contributed by atoms with van der Waals surface area (Å²) in [7, 11) is 1.56. The molecule has 2 aromatic carbocycles. The zero-order valence-corrected chi connectivity index (χ0v) is 32.0. The minimum absolute atomic E-state index is 0.240. The lowest BCUT2D eigenvalue weighted by Gasteiger charge is -2.25. The number of carbonyl (C=O) groups is 1. The molecule has 0 spiro atoms. The molecule has 0 heterocycles. The Bertz CT molecular complexity index is 1320. The predicted molar refractivity (Wildman–Crippen MR) is 199 cm³/mol. The first-order valence-electron chi connectivity index (χ1n) is 17.9. The summed E-state index contributed by atoms with van der Waals surface area (Å²) < 4.78 is 67.5. The van der Waals surface area contributed by atoms with Crippen molar-refractivity contribution in [2.75, 3.05) is 145 Å². The Labute approximate surface area is 305 Å². The Hall–Kier alpha value is -2.44. The smallest absolute Gasteiger partial charge is 0.305 e. The van der Waals surface area contributed by atoms with Crippen LogP contribution in [0.3, 0.4) is 0 Å². The standard InChI is InChI=1S/C36H62N4O10S/c1-5-40(51(42,43)35-13-7-10-32-33(35)11-6-12-34(32)38(2)3)17-9-16-39(19-23-48-27-31-50-29-25-46-21-15-37)18-22-47-26-30-49-28-24-45-20-8-14-36(41)44-4/h6-7,10-13H,5,8-9,14-31,37H2,1-4H3. The van der Waals surface area contributed by atoms with Gasteiger partial charge in [-0.15, -0.1) is 0 Å². The second kappa shape index (κ2) is 27.2. The number of hydrogen-bond donors (Lipinski definition) is 1. The fourth-order valence-corrected chi connectivity index (χ4v) is 6.94. The maximum atomic E-state index is 13.9. The van der Waals surface area contributed by atoms with Crippen molar-refractivity contribution in [2.45, 2.75) is 31.1 Å². The van der Waals surface area contributed by atoms with Crippen molar-refractivity contribution in [1.29, 1.82) is 0 Å². The third-order valence-corrected chi connectivity index (χ3v) is 9.98. The van der Waals surface area contributed by atoms with Crippen molar-refractivity contribution in [1.82, 2.24) is 9.21 Å². The van der Waals surface area contributed by atoms with Crippen molar-refractivity contribution >= 4 is 32.5 Å². The van der Waals surface area contributed by atoms with Gasteiger partial charge in [0.1, 0.15) is 0 Å². The molecule has 0 aliphatic heterocycles. The molecule has 0 radical (unpaired) electrons. The zero-order valence-electron chi connectivity index (χ0n) is 31.2. The Balaban J connectivity index is 1.83. The Morgan fingerprint density at radius 1 is 0.667 bits per heavy atom. The number of methoxy groups -OCH3 is 1. The fraction of sp³-hybridized carbons (Fsp3) is 0.694. The van der Waals surface area contributed by atoms with E-state index in [1.54, 1.807) is 10.4 Å². The number of benzene rings is 2. The van der Waals surface area contributed by atoms with E-state index < -0.39 is 10.0 Å². The van der Waals surface area contributed by atoms with Crippen LogP contribution in [0.25, 0.3) is 10.8 Å². The topological polar surface area (TPSA) is 152 Å². The molecule has 0 aromatic heterocycles. The summed E-state index contributed by atoms with van der Waals surface area (Å²) in [5.41, 5.74) is 6.39. The molecule has 0 fully saturated rings. The van der Waals surface area contributed by atoms with Crippen LogP contribution in [0.5, 0.6) is 0 Å². The summed E-state index contributed by atoms with van der Waals surface area (Å²) >= 11 is 0. The monoisotopic (exact) mass is 742 g/mol. The van der Waals surface area contributed by atoms with Gasteiger partial charge in [0, 0.05) is 76.3 Å². The molecule has 0 aliphatic carbocycles. The number of hydrogen-bond acceptors (Lipinski definition) is 13. The highest BCUT2D eigenvalue weighted by atomic mass is 32.2. The molecule has 0 aliphatic rings. The van der Waals surface area contributed by atoms with Crippen LogP contribution in [0.4, 0.5) is 5.69 Å². The molecule has 2 N–H and O–H groups in total. The molecular weight excluding hydrogens is 680 g/mol. The molecular formula is C36H62N4O10S. The molecule has 0 saturated carbocycles. The number of rotatable bonds is 32. The van der Waals surface area contributed by atoms with Gasteiger partial charge in [-0.3, -0.25) is 9.69 Å². The van der Waals surface area contributed by atoms with E-state index in [0.717, 1.165) is 16.5 Å². The summed E-state index contributed by atoms with van der Waals surface area (Å²) in [6.07, 6.45) is 1.60. The van der Waals surface area contributed by atoms with Crippen LogP contribution in [0.15, 0.2) is 41.3 Å². The molecule has 0 amide bonds. The average molecular weight is 743 g/mol. The normalized spacial score (nSPS) is 12.0. The number of anilines is 1. The van der Waals surface area contributed by atoms with Crippen LogP contribution in [0.2, 0.25) is 0 Å². The number of carbonyl (C=O) groups excluding carboxylic acids is 1. The minimum Gasteiger partial charge on any atom is -0.469 e.